The molecular weight excluding hydrogens is 1190 g/mol. The van der Waals surface area contributed by atoms with Crippen LogP contribution in [0.2, 0.25) is 17.3 Å². The van der Waals surface area contributed by atoms with Crippen LogP contribution in [-0.4, -0.2) is 32.8 Å². The van der Waals surface area contributed by atoms with E-state index in [4.69, 9.17) is 22.9 Å². The van der Waals surface area contributed by atoms with E-state index in [0.717, 1.165) is 54.2 Å². The number of halogens is 1. The van der Waals surface area contributed by atoms with Crippen LogP contribution in [0.3, 0.4) is 0 Å². The van der Waals surface area contributed by atoms with Gasteiger partial charge in [0.1, 0.15) is 5.58 Å². The summed E-state index contributed by atoms with van der Waals surface area (Å²) in [6.07, 6.45) is 9.55. The molecular formula is C68H69FGeIrN4O2-2. The number of fused-ring (bicyclic) bond motifs is 7. The molecule has 77 heavy (non-hydrogen) atoms. The van der Waals surface area contributed by atoms with Gasteiger partial charge in [0.15, 0.2) is 0 Å². The fourth-order valence-electron chi connectivity index (χ4n) is 11.3. The van der Waals surface area contributed by atoms with Crippen molar-refractivity contribution in [3.63, 3.8) is 0 Å². The minimum Gasteiger partial charge on any atom is 0 e. The van der Waals surface area contributed by atoms with Crippen molar-refractivity contribution in [1.29, 1.82) is 0 Å². The third-order valence-electron chi connectivity index (χ3n) is 15.4. The van der Waals surface area contributed by atoms with Crippen molar-refractivity contribution in [2.75, 3.05) is 0 Å². The SMILES string of the molecule is CC(C)c1cc(C2CCCCCC2)cc(C(C)C)c1-n1c(-c2[c-]cc(F)c3c2oc2cc(-c4ccccc4)ccc23)nc2ccccc21.[2H]C([2H])([2H])c1cc(-c2[c-]ccc3c2oc2nc(C(C)(C)C)ccc23)nc[c]1[Ge]([CH3])([CH3])[CH3].[Ir]. The molecule has 0 N–H and O–H groups in total. The zero-order chi connectivity index (χ0) is 55.7. The first kappa shape index (κ1) is 50.3. The summed E-state index contributed by atoms with van der Waals surface area (Å²) in [5.41, 5.74) is 14.8. The van der Waals surface area contributed by atoms with Crippen molar-refractivity contribution >= 4 is 72.7 Å². The van der Waals surface area contributed by atoms with E-state index in [2.05, 4.69) is 130 Å². The van der Waals surface area contributed by atoms with E-state index < -0.39 is 20.1 Å². The van der Waals surface area contributed by atoms with Crippen molar-refractivity contribution in [1.82, 2.24) is 19.5 Å². The van der Waals surface area contributed by atoms with Gasteiger partial charge in [0.2, 0.25) is 0 Å². The fraction of sp³-hybridized carbons (Fsp3) is 0.309. The molecule has 1 saturated carbocycles. The molecule has 9 heteroatoms. The summed E-state index contributed by atoms with van der Waals surface area (Å²) in [5.74, 6) is 8.07. The summed E-state index contributed by atoms with van der Waals surface area (Å²) in [6.45, 7) is 13.3. The molecule has 6 nitrogen and oxygen atoms in total. The van der Waals surface area contributed by atoms with E-state index in [1.54, 1.807) is 12.3 Å². The monoisotopic (exact) mass is 1260 g/mol. The minimum absolute atomic E-state index is 0. The van der Waals surface area contributed by atoms with Gasteiger partial charge in [-0.3, -0.25) is 9.37 Å². The third-order valence-corrected chi connectivity index (χ3v) is 19.6. The van der Waals surface area contributed by atoms with Crippen LogP contribution in [0.25, 0.3) is 94.5 Å². The van der Waals surface area contributed by atoms with Crippen molar-refractivity contribution in [2.24, 2.45) is 0 Å². The number of pyridine rings is 2. The van der Waals surface area contributed by atoms with E-state index in [0.29, 0.717) is 56.2 Å². The summed E-state index contributed by atoms with van der Waals surface area (Å²) in [5, 5.41) is 3.06. The number of furan rings is 2. The maximum atomic E-state index is 15.8. The van der Waals surface area contributed by atoms with E-state index >= 15 is 4.39 Å². The largest absolute Gasteiger partial charge is 0 e. The van der Waals surface area contributed by atoms with Crippen LogP contribution >= 0.6 is 0 Å². The van der Waals surface area contributed by atoms with Gasteiger partial charge in [0, 0.05) is 37.0 Å². The van der Waals surface area contributed by atoms with E-state index in [-0.39, 0.29) is 43.2 Å². The predicted octanol–water partition coefficient (Wildman–Crippen LogP) is 18.9. The molecule has 11 aromatic rings. The molecule has 0 amide bonds. The number of rotatable bonds is 8. The number of hydrogen-bond donors (Lipinski definition) is 0. The summed E-state index contributed by atoms with van der Waals surface area (Å²) >= 11 is -2.42. The Morgan fingerprint density at radius 1 is 0.727 bits per heavy atom. The van der Waals surface area contributed by atoms with Crippen LogP contribution in [0, 0.1) is 24.8 Å². The second kappa shape index (κ2) is 21.6. The minimum atomic E-state index is -2.42. The molecule has 6 aromatic carbocycles. The second-order valence-electron chi connectivity index (χ2n) is 23.6. The van der Waals surface area contributed by atoms with E-state index in [1.165, 1.54) is 67.0 Å². The van der Waals surface area contributed by atoms with Gasteiger partial charge in [0.25, 0.3) is 0 Å². The quantitative estimate of drug-likeness (QED) is 0.0861. The Bertz CT molecular complexity index is 4050. The molecule has 395 valence electrons. The van der Waals surface area contributed by atoms with Gasteiger partial charge in [-0.05, 0) is 82.0 Å². The van der Waals surface area contributed by atoms with Crippen molar-refractivity contribution in [2.45, 2.75) is 134 Å². The Kier molecular flexibility index (Phi) is 14.1. The normalized spacial score (nSPS) is 14.5. The molecule has 0 spiro atoms. The molecule has 0 atom stereocenters. The van der Waals surface area contributed by atoms with Crippen LogP contribution in [0.15, 0.2) is 136 Å². The van der Waals surface area contributed by atoms with Crippen LogP contribution in [0.1, 0.15) is 137 Å². The van der Waals surface area contributed by atoms with Crippen molar-refractivity contribution in [3.8, 4) is 39.5 Å². The summed E-state index contributed by atoms with van der Waals surface area (Å²) in [4.78, 5) is 14.6. The molecule has 1 radical (unpaired) electrons. The molecule has 12 rings (SSSR count). The Hall–Kier alpha value is -6.19. The van der Waals surface area contributed by atoms with Gasteiger partial charge in [-0.25, -0.2) is 0 Å². The van der Waals surface area contributed by atoms with Crippen LogP contribution in [0.5, 0.6) is 0 Å². The molecule has 1 fully saturated rings. The third kappa shape index (κ3) is 10.4. The number of nitrogens with zero attached hydrogens (tertiary/aromatic N) is 4. The molecule has 0 bridgehead atoms. The first-order valence-corrected chi connectivity index (χ1v) is 34.5. The van der Waals surface area contributed by atoms with Gasteiger partial charge < -0.3 is 8.98 Å². The maximum Gasteiger partial charge on any atom is 0 e. The zero-order valence-corrected chi connectivity index (χ0v) is 50.4. The summed E-state index contributed by atoms with van der Waals surface area (Å²) < 4.78 is 56.0. The van der Waals surface area contributed by atoms with E-state index in [1.807, 2.05) is 66.7 Å². The number of aromatic nitrogens is 4. The average molecular weight is 1260 g/mol. The average Bonchev–Trinajstić information content (AvgIpc) is 4.05. The Morgan fingerprint density at radius 3 is 2.12 bits per heavy atom. The van der Waals surface area contributed by atoms with Crippen molar-refractivity contribution in [3.05, 3.63) is 173 Å². The van der Waals surface area contributed by atoms with Crippen LogP contribution in [-0.2, 0) is 25.5 Å². The molecule has 1 aliphatic carbocycles. The smallest absolute Gasteiger partial charge is 0 e. The van der Waals surface area contributed by atoms with Gasteiger partial charge in [-0.2, -0.15) is 0 Å². The molecule has 0 saturated heterocycles. The topological polar surface area (TPSA) is 69.9 Å². The molecule has 5 heterocycles. The Morgan fingerprint density at radius 2 is 1.43 bits per heavy atom. The molecule has 0 unspecified atom stereocenters. The molecule has 1 aliphatic rings. The molecule has 0 aliphatic heterocycles. The fourth-order valence-corrected chi connectivity index (χ4v) is 14.1. The first-order valence-electron chi connectivity index (χ1n) is 28.7. The summed E-state index contributed by atoms with van der Waals surface area (Å²) in [7, 11) is 0. The van der Waals surface area contributed by atoms with Crippen LogP contribution in [0.4, 0.5) is 4.39 Å². The number of imidazole rings is 1. The Labute approximate surface area is 473 Å². The molecule has 5 aromatic heterocycles. The van der Waals surface area contributed by atoms with Crippen LogP contribution < -0.4 is 4.40 Å². The van der Waals surface area contributed by atoms with Gasteiger partial charge >= 0.3 is 174 Å². The predicted molar refractivity (Wildman–Crippen MR) is 317 cm³/mol. The van der Waals surface area contributed by atoms with Gasteiger partial charge in [-0.15, -0.1) is 12.1 Å². The van der Waals surface area contributed by atoms with Gasteiger partial charge in [0.05, 0.1) is 22.4 Å². The first-order chi connectivity index (χ1) is 37.7. The number of aryl methyl sites for hydroxylation is 1. The number of hydrogen-bond acceptors (Lipinski definition) is 5. The second-order valence-corrected chi connectivity index (χ2v) is 34.1. The number of benzene rings is 6. The Balaban J connectivity index is 0.000000195. The van der Waals surface area contributed by atoms with Crippen molar-refractivity contribution < 1.29 is 37.4 Å². The number of para-hydroxylation sites is 2. The summed E-state index contributed by atoms with van der Waals surface area (Å²) in [6, 6.07) is 47.0. The zero-order valence-electron chi connectivity index (χ0n) is 48.9. The maximum absolute atomic E-state index is 15.8. The van der Waals surface area contributed by atoms with E-state index in [9.17, 15) is 0 Å². The standard InChI is InChI=1S/C44H42FN2O.C24H27GeN2O.Ir/c1-27(2)35-24-32(30-16-8-5-6-9-17-30)25-36(28(3)4)42(35)47-39-19-13-12-18-38(39)46-44(47)34-22-23-37(45)41-33-21-20-31(26-40(33)48-43(34)41)29-14-10-7-11-15-29;1-15-13-20(26-14-19(15)25(5,6)7)18-10-8-9-16-17-11-12-21(24(2,3)4)27-23(17)28-22(16)18;/h7,10-15,18-21,23-28,30H,5-6,8-9,16-17H2,1-4H3;8-9,11-14H,1-7H3;/q2*-1;/i;1D3;. The van der Waals surface area contributed by atoms with Gasteiger partial charge in [-0.1, -0.05) is 126 Å².